The molecule has 1 aromatic carbocycles. The molecule has 0 bridgehead atoms. The van der Waals surface area contributed by atoms with Crippen molar-refractivity contribution in [3.63, 3.8) is 0 Å². The summed E-state index contributed by atoms with van der Waals surface area (Å²) in [6.07, 6.45) is 3.21. The minimum Gasteiger partial charge on any atom is -0.378 e. The molecule has 7 heteroatoms. The lowest BCUT2D eigenvalue weighted by Crippen LogP contribution is -2.36. The summed E-state index contributed by atoms with van der Waals surface area (Å²) in [5, 5.41) is 13.3. The van der Waals surface area contributed by atoms with Gasteiger partial charge < -0.3 is 15.0 Å². The highest BCUT2D eigenvalue weighted by Gasteiger charge is 2.20. The Morgan fingerprint density at radius 1 is 1.11 bits per heavy atom. The summed E-state index contributed by atoms with van der Waals surface area (Å²) in [5.74, 6) is 1.02. The molecule has 1 fully saturated rings. The normalized spacial score (nSPS) is 16.0. The highest BCUT2D eigenvalue weighted by molar-refractivity contribution is 7.18. The Morgan fingerprint density at radius 3 is 2.82 bits per heavy atom. The van der Waals surface area contributed by atoms with Crippen LogP contribution in [0, 0.1) is 0 Å². The van der Waals surface area contributed by atoms with E-state index in [0.717, 1.165) is 59.9 Å². The number of hydrogen-bond acceptors (Lipinski definition) is 7. The van der Waals surface area contributed by atoms with Crippen LogP contribution in [-0.2, 0) is 11.2 Å². The molecular formula is C21H21N5OS. The van der Waals surface area contributed by atoms with Crippen molar-refractivity contribution in [3.05, 3.63) is 59.3 Å². The Balaban J connectivity index is 1.48. The van der Waals surface area contributed by atoms with E-state index in [4.69, 9.17) is 9.72 Å². The second-order valence-corrected chi connectivity index (χ2v) is 7.81. The van der Waals surface area contributed by atoms with Crippen molar-refractivity contribution >= 4 is 27.9 Å². The lowest BCUT2D eigenvalue weighted by atomic mass is 10.0. The fraction of sp³-hybridized carbons (Fsp3) is 0.286. The molecule has 3 aromatic rings. The quantitative estimate of drug-likeness (QED) is 0.735. The van der Waals surface area contributed by atoms with Crippen molar-refractivity contribution in [2.75, 3.05) is 43.6 Å². The third-order valence-electron chi connectivity index (χ3n) is 5.16. The van der Waals surface area contributed by atoms with Crippen LogP contribution in [0.15, 0.2) is 42.5 Å². The SMILES string of the molecule is CNc1nnc(-c2ccc3c(c2)C(c2cccc(N4CCOCC4)n2)=CC3)s1. The molecule has 1 aliphatic carbocycles. The zero-order chi connectivity index (χ0) is 18.9. The van der Waals surface area contributed by atoms with E-state index in [-0.39, 0.29) is 0 Å². The highest BCUT2D eigenvalue weighted by Crippen LogP contribution is 2.36. The number of morpholine rings is 1. The number of allylic oxidation sites excluding steroid dienone is 1. The molecule has 0 atom stereocenters. The molecule has 1 saturated heterocycles. The molecule has 1 aliphatic heterocycles. The summed E-state index contributed by atoms with van der Waals surface area (Å²) in [5.41, 5.74) is 5.88. The molecular weight excluding hydrogens is 370 g/mol. The number of benzene rings is 1. The summed E-state index contributed by atoms with van der Waals surface area (Å²) in [6, 6.07) is 12.8. The lowest BCUT2D eigenvalue weighted by Gasteiger charge is -2.28. The summed E-state index contributed by atoms with van der Waals surface area (Å²) in [4.78, 5) is 7.26. The Bertz CT molecular complexity index is 1040. The Morgan fingerprint density at radius 2 is 2.00 bits per heavy atom. The predicted octanol–water partition coefficient (Wildman–Crippen LogP) is 3.47. The zero-order valence-electron chi connectivity index (χ0n) is 15.7. The van der Waals surface area contributed by atoms with Crippen molar-refractivity contribution in [1.29, 1.82) is 0 Å². The number of pyridine rings is 1. The van der Waals surface area contributed by atoms with Gasteiger partial charge in [-0.05, 0) is 35.7 Å². The number of ether oxygens (including phenoxy) is 1. The van der Waals surface area contributed by atoms with E-state index in [0.29, 0.717) is 0 Å². The molecule has 2 aromatic heterocycles. The number of hydrogen-bond donors (Lipinski definition) is 1. The van der Waals surface area contributed by atoms with E-state index in [9.17, 15) is 0 Å². The van der Waals surface area contributed by atoms with Gasteiger partial charge in [0.05, 0.1) is 18.9 Å². The number of rotatable bonds is 4. The van der Waals surface area contributed by atoms with Crippen LogP contribution in [0.3, 0.4) is 0 Å². The van der Waals surface area contributed by atoms with Gasteiger partial charge in [0.15, 0.2) is 0 Å². The first-order valence-corrected chi connectivity index (χ1v) is 10.3. The van der Waals surface area contributed by atoms with Gasteiger partial charge in [-0.3, -0.25) is 0 Å². The summed E-state index contributed by atoms with van der Waals surface area (Å²) in [7, 11) is 1.86. The van der Waals surface area contributed by atoms with E-state index in [2.05, 4.69) is 62.9 Å². The van der Waals surface area contributed by atoms with Crippen molar-refractivity contribution in [1.82, 2.24) is 15.2 Å². The van der Waals surface area contributed by atoms with Crippen molar-refractivity contribution in [2.24, 2.45) is 0 Å². The minimum absolute atomic E-state index is 0.761. The summed E-state index contributed by atoms with van der Waals surface area (Å²) in [6.45, 7) is 3.30. The monoisotopic (exact) mass is 391 g/mol. The van der Waals surface area contributed by atoms with Crippen LogP contribution in [0.1, 0.15) is 16.8 Å². The number of anilines is 2. The largest absolute Gasteiger partial charge is 0.378 e. The number of aromatic nitrogens is 3. The predicted molar refractivity (Wildman–Crippen MR) is 113 cm³/mol. The Kier molecular flexibility index (Phi) is 4.54. The van der Waals surface area contributed by atoms with Crippen LogP contribution in [-0.4, -0.2) is 48.5 Å². The van der Waals surface area contributed by atoms with Gasteiger partial charge in [0.1, 0.15) is 10.8 Å². The molecule has 2 aliphatic rings. The standard InChI is InChI=1S/C21H21N5OS/c1-22-21-25-24-20(28-21)15-6-5-14-7-8-16(17(14)13-15)18-3-2-4-19(23-18)26-9-11-27-12-10-26/h2-6,8,13H,7,9-12H2,1H3,(H,22,25). The lowest BCUT2D eigenvalue weighted by molar-refractivity contribution is 0.122. The second-order valence-electron chi connectivity index (χ2n) is 6.84. The van der Waals surface area contributed by atoms with Crippen molar-refractivity contribution in [3.8, 4) is 10.6 Å². The minimum atomic E-state index is 0.761. The molecule has 6 nitrogen and oxygen atoms in total. The van der Waals surface area contributed by atoms with Gasteiger partial charge in [-0.2, -0.15) is 0 Å². The third-order valence-corrected chi connectivity index (χ3v) is 6.15. The van der Waals surface area contributed by atoms with E-state index in [1.807, 2.05) is 7.05 Å². The third kappa shape index (κ3) is 3.16. The summed E-state index contributed by atoms with van der Waals surface area (Å²) >= 11 is 1.56. The maximum absolute atomic E-state index is 5.47. The Hall–Kier alpha value is -2.77. The maximum Gasteiger partial charge on any atom is 0.205 e. The van der Waals surface area contributed by atoms with Crippen LogP contribution in [0.25, 0.3) is 16.1 Å². The summed E-state index contributed by atoms with van der Waals surface area (Å²) < 4.78 is 5.47. The average molecular weight is 392 g/mol. The van der Waals surface area contributed by atoms with Crippen LogP contribution in [0.4, 0.5) is 10.9 Å². The molecule has 0 spiro atoms. The van der Waals surface area contributed by atoms with E-state index < -0.39 is 0 Å². The van der Waals surface area contributed by atoms with Gasteiger partial charge in [-0.1, -0.05) is 35.6 Å². The molecule has 142 valence electrons. The van der Waals surface area contributed by atoms with Gasteiger partial charge in [-0.25, -0.2) is 4.98 Å². The molecule has 0 saturated carbocycles. The maximum atomic E-state index is 5.47. The van der Waals surface area contributed by atoms with Crippen molar-refractivity contribution < 1.29 is 4.74 Å². The van der Waals surface area contributed by atoms with Gasteiger partial charge in [0.2, 0.25) is 5.13 Å². The molecule has 0 amide bonds. The number of nitrogens with one attached hydrogen (secondary N) is 1. The molecule has 0 unspecified atom stereocenters. The van der Waals surface area contributed by atoms with E-state index in [1.54, 1.807) is 11.3 Å². The Labute approximate surface area is 167 Å². The second kappa shape index (κ2) is 7.33. The fourth-order valence-electron chi connectivity index (χ4n) is 3.69. The highest BCUT2D eigenvalue weighted by atomic mass is 32.1. The molecule has 5 rings (SSSR count). The van der Waals surface area contributed by atoms with Gasteiger partial charge in [-0.15, -0.1) is 10.2 Å². The van der Waals surface area contributed by atoms with Gasteiger partial charge >= 0.3 is 0 Å². The molecule has 28 heavy (non-hydrogen) atoms. The molecule has 3 heterocycles. The molecule has 0 radical (unpaired) electrons. The zero-order valence-corrected chi connectivity index (χ0v) is 16.5. The number of nitrogens with zero attached hydrogens (tertiary/aromatic N) is 4. The van der Waals surface area contributed by atoms with Gasteiger partial charge in [0, 0.05) is 31.3 Å². The van der Waals surface area contributed by atoms with Crippen LogP contribution >= 0.6 is 11.3 Å². The van der Waals surface area contributed by atoms with Gasteiger partial charge in [0.25, 0.3) is 0 Å². The first kappa shape index (κ1) is 17.3. The fourth-order valence-corrected chi connectivity index (χ4v) is 4.38. The van der Waals surface area contributed by atoms with Crippen LogP contribution < -0.4 is 10.2 Å². The molecule has 1 N–H and O–H groups in total. The first-order valence-electron chi connectivity index (χ1n) is 9.47. The van der Waals surface area contributed by atoms with Crippen molar-refractivity contribution in [2.45, 2.75) is 6.42 Å². The van der Waals surface area contributed by atoms with Crippen LogP contribution in [0.5, 0.6) is 0 Å². The smallest absolute Gasteiger partial charge is 0.205 e. The number of fused-ring (bicyclic) bond motifs is 1. The first-order chi connectivity index (χ1) is 13.8. The van der Waals surface area contributed by atoms with Crippen LogP contribution in [0.2, 0.25) is 0 Å². The van der Waals surface area contributed by atoms with E-state index >= 15 is 0 Å². The van der Waals surface area contributed by atoms with E-state index in [1.165, 1.54) is 16.7 Å². The topological polar surface area (TPSA) is 63.2 Å². The average Bonchev–Trinajstić information content (AvgIpc) is 3.41.